The van der Waals surface area contributed by atoms with Gasteiger partial charge in [0.05, 0.1) is 12.2 Å². The van der Waals surface area contributed by atoms with Gasteiger partial charge in [0.25, 0.3) is 0 Å². The summed E-state index contributed by atoms with van der Waals surface area (Å²) in [5.41, 5.74) is 2.61. The van der Waals surface area contributed by atoms with Crippen molar-refractivity contribution in [2.24, 2.45) is 4.99 Å². The van der Waals surface area contributed by atoms with Crippen LogP contribution in [-0.2, 0) is 17.6 Å². The van der Waals surface area contributed by atoms with Crippen molar-refractivity contribution >= 4 is 5.96 Å². The van der Waals surface area contributed by atoms with E-state index in [0.717, 1.165) is 63.7 Å². The van der Waals surface area contributed by atoms with E-state index in [1.165, 1.54) is 11.1 Å². The molecule has 0 aliphatic carbocycles. The number of aliphatic imine (C=N–C) groups is 1. The van der Waals surface area contributed by atoms with Crippen molar-refractivity contribution in [3.63, 3.8) is 0 Å². The van der Waals surface area contributed by atoms with Crippen LogP contribution in [0.2, 0.25) is 0 Å². The number of hydrogen-bond acceptors (Lipinski definition) is 3. The maximum Gasteiger partial charge on any atom is 0.191 e. The largest absolute Gasteiger partial charge is 0.493 e. The minimum Gasteiger partial charge on any atom is -0.493 e. The van der Waals surface area contributed by atoms with Gasteiger partial charge in [-0.1, -0.05) is 12.1 Å². The van der Waals surface area contributed by atoms with Gasteiger partial charge in [-0.15, -0.1) is 0 Å². The van der Waals surface area contributed by atoms with Gasteiger partial charge in [-0.2, -0.15) is 0 Å². The van der Waals surface area contributed by atoms with E-state index in [2.05, 4.69) is 40.7 Å². The Bertz CT molecular complexity index is 565. The highest BCUT2D eigenvalue weighted by atomic mass is 16.5. The normalized spacial score (nSPS) is 23.5. The first-order valence-corrected chi connectivity index (χ1v) is 8.52. The Labute approximate surface area is 138 Å². The number of guanidine groups is 1. The SMILES string of the molecule is CN=C(NCCc1ccc2c(c1)CCO2)NCC1(C)CCCO1. The lowest BCUT2D eigenvalue weighted by molar-refractivity contribution is 0.0243. The molecule has 5 nitrogen and oxygen atoms in total. The van der Waals surface area contributed by atoms with E-state index in [0.29, 0.717) is 0 Å². The summed E-state index contributed by atoms with van der Waals surface area (Å²) in [4.78, 5) is 4.29. The lowest BCUT2D eigenvalue weighted by atomic mass is 10.0. The summed E-state index contributed by atoms with van der Waals surface area (Å²) in [6.07, 6.45) is 4.25. The summed E-state index contributed by atoms with van der Waals surface area (Å²) in [6, 6.07) is 6.49. The van der Waals surface area contributed by atoms with Crippen molar-refractivity contribution < 1.29 is 9.47 Å². The molecule has 0 amide bonds. The number of fused-ring (bicyclic) bond motifs is 1. The fraction of sp³-hybridized carbons (Fsp3) is 0.611. The number of hydrogen-bond donors (Lipinski definition) is 2. The Hall–Kier alpha value is -1.75. The van der Waals surface area contributed by atoms with Gasteiger partial charge in [0, 0.05) is 33.2 Å². The number of nitrogens with one attached hydrogen (secondary N) is 2. The second-order valence-corrected chi connectivity index (χ2v) is 6.55. The highest BCUT2D eigenvalue weighted by Crippen LogP contribution is 2.26. The third kappa shape index (κ3) is 4.16. The topological polar surface area (TPSA) is 54.9 Å². The van der Waals surface area contributed by atoms with Gasteiger partial charge in [-0.05, 0) is 43.4 Å². The predicted octanol–water partition coefficient (Wildman–Crippen LogP) is 1.90. The van der Waals surface area contributed by atoms with E-state index in [1.54, 1.807) is 7.05 Å². The fourth-order valence-electron chi connectivity index (χ4n) is 3.19. The summed E-state index contributed by atoms with van der Waals surface area (Å²) in [5.74, 6) is 1.88. The molecule has 2 aliphatic heterocycles. The van der Waals surface area contributed by atoms with Gasteiger partial charge in [-0.3, -0.25) is 4.99 Å². The zero-order chi connectivity index (χ0) is 16.1. The van der Waals surface area contributed by atoms with Crippen molar-refractivity contribution in [2.45, 2.75) is 38.2 Å². The fourth-order valence-corrected chi connectivity index (χ4v) is 3.19. The molecule has 1 aromatic carbocycles. The molecule has 1 aromatic rings. The Morgan fingerprint density at radius 1 is 1.30 bits per heavy atom. The summed E-state index contributed by atoms with van der Waals surface area (Å²) in [6.45, 7) is 5.49. The Balaban J connectivity index is 1.43. The molecule has 2 heterocycles. The molecular weight excluding hydrogens is 290 g/mol. The second kappa shape index (κ2) is 7.21. The third-order valence-electron chi connectivity index (χ3n) is 4.61. The van der Waals surface area contributed by atoms with Crippen molar-refractivity contribution in [1.29, 1.82) is 0 Å². The van der Waals surface area contributed by atoms with Crippen LogP contribution in [0.1, 0.15) is 30.9 Å². The molecule has 1 saturated heterocycles. The number of nitrogens with zero attached hydrogens (tertiary/aromatic N) is 1. The van der Waals surface area contributed by atoms with Crippen LogP contribution in [0.15, 0.2) is 23.2 Å². The van der Waals surface area contributed by atoms with Crippen LogP contribution in [0.5, 0.6) is 5.75 Å². The van der Waals surface area contributed by atoms with E-state index >= 15 is 0 Å². The molecule has 1 atom stereocenters. The lowest BCUT2D eigenvalue weighted by Crippen LogP contribution is -2.45. The maximum atomic E-state index is 5.79. The first kappa shape index (κ1) is 16.1. The molecule has 1 fully saturated rings. The van der Waals surface area contributed by atoms with Crippen molar-refractivity contribution in [3.8, 4) is 5.75 Å². The molecular formula is C18H27N3O2. The van der Waals surface area contributed by atoms with Crippen LogP contribution in [0.25, 0.3) is 0 Å². The molecule has 2 N–H and O–H groups in total. The van der Waals surface area contributed by atoms with Crippen molar-refractivity contribution in [1.82, 2.24) is 10.6 Å². The van der Waals surface area contributed by atoms with E-state index in [-0.39, 0.29) is 5.60 Å². The van der Waals surface area contributed by atoms with Crippen LogP contribution in [0, 0.1) is 0 Å². The third-order valence-corrected chi connectivity index (χ3v) is 4.61. The standard InChI is InChI=1S/C18H27N3O2/c1-18(8-3-10-23-18)13-21-17(19-2)20-9-6-14-4-5-16-15(12-14)7-11-22-16/h4-5,12H,3,6-11,13H2,1-2H3,(H2,19,20,21). The van der Waals surface area contributed by atoms with E-state index < -0.39 is 0 Å². The minimum absolute atomic E-state index is 0.0579. The van der Waals surface area contributed by atoms with Crippen LogP contribution in [-0.4, -0.2) is 44.9 Å². The predicted molar refractivity (Wildman–Crippen MR) is 92.3 cm³/mol. The van der Waals surface area contributed by atoms with Gasteiger partial charge in [-0.25, -0.2) is 0 Å². The minimum atomic E-state index is -0.0579. The second-order valence-electron chi connectivity index (χ2n) is 6.55. The maximum absolute atomic E-state index is 5.79. The van der Waals surface area contributed by atoms with E-state index in [4.69, 9.17) is 9.47 Å². The molecule has 1 unspecified atom stereocenters. The number of benzene rings is 1. The van der Waals surface area contributed by atoms with Crippen LogP contribution in [0.4, 0.5) is 0 Å². The molecule has 5 heteroatoms. The zero-order valence-electron chi connectivity index (χ0n) is 14.2. The van der Waals surface area contributed by atoms with Gasteiger partial charge < -0.3 is 20.1 Å². The Morgan fingerprint density at radius 3 is 3.00 bits per heavy atom. The number of rotatable bonds is 5. The average Bonchev–Trinajstić information content (AvgIpc) is 3.19. The monoisotopic (exact) mass is 317 g/mol. The Morgan fingerprint density at radius 2 is 2.22 bits per heavy atom. The van der Waals surface area contributed by atoms with Gasteiger partial charge >= 0.3 is 0 Å². The summed E-state index contributed by atoms with van der Waals surface area (Å²) in [5, 5.41) is 6.75. The van der Waals surface area contributed by atoms with Gasteiger partial charge in [0.2, 0.25) is 0 Å². The molecule has 0 saturated carbocycles. The van der Waals surface area contributed by atoms with Crippen LogP contribution >= 0.6 is 0 Å². The average molecular weight is 317 g/mol. The smallest absolute Gasteiger partial charge is 0.191 e. The first-order valence-electron chi connectivity index (χ1n) is 8.52. The molecule has 0 radical (unpaired) electrons. The highest BCUT2D eigenvalue weighted by molar-refractivity contribution is 5.79. The molecule has 0 spiro atoms. The summed E-state index contributed by atoms with van der Waals surface area (Å²) >= 11 is 0. The summed E-state index contributed by atoms with van der Waals surface area (Å²) < 4.78 is 11.3. The molecule has 23 heavy (non-hydrogen) atoms. The zero-order valence-corrected chi connectivity index (χ0v) is 14.2. The van der Waals surface area contributed by atoms with E-state index in [9.17, 15) is 0 Å². The van der Waals surface area contributed by atoms with Crippen molar-refractivity contribution in [2.75, 3.05) is 33.4 Å². The highest BCUT2D eigenvalue weighted by Gasteiger charge is 2.29. The first-order chi connectivity index (χ1) is 11.2. The van der Waals surface area contributed by atoms with Gasteiger partial charge in [0.15, 0.2) is 5.96 Å². The van der Waals surface area contributed by atoms with Crippen LogP contribution in [0.3, 0.4) is 0 Å². The quantitative estimate of drug-likeness (QED) is 0.643. The van der Waals surface area contributed by atoms with Crippen molar-refractivity contribution in [3.05, 3.63) is 29.3 Å². The molecule has 0 aromatic heterocycles. The lowest BCUT2D eigenvalue weighted by Gasteiger charge is -2.24. The molecule has 2 aliphatic rings. The molecule has 126 valence electrons. The number of ether oxygens (including phenoxy) is 2. The molecule has 3 rings (SSSR count). The van der Waals surface area contributed by atoms with Crippen LogP contribution < -0.4 is 15.4 Å². The molecule has 0 bridgehead atoms. The van der Waals surface area contributed by atoms with E-state index in [1.807, 2.05) is 0 Å². The van der Waals surface area contributed by atoms with Gasteiger partial charge in [0.1, 0.15) is 5.75 Å². The summed E-state index contributed by atoms with van der Waals surface area (Å²) in [7, 11) is 1.81. The Kier molecular flexibility index (Phi) is 5.06.